The van der Waals surface area contributed by atoms with Crippen molar-refractivity contribution in [1.82, 2.24) is 0 Å². The van der Waals surface area contributed by atoms with Crippen molar-refractivity contribution in [3.05, 3.63) is 38.9 Å². The van der Waals surface area contributed by atoms with Crippen molar-refractivity contribution in [2.75, 3.05) is 0 Å². The minimum absolute atomic E-state index is 0.0214. The summed E-state index contributed by atoms with van der Waals surface area (Å²) < 4.78 is 0. The number of halogens is 1. The van der Waals surface area contributed by atoms with E-state index in [1.54, 1.807) is 12.1 Å². The minimum Gasteiger partial charge on any atom is -0.258 e. The number of nitro groups is 1. The molecular formula is C10H12ClNO2. The SMILES string of the molecule is CCCCc1ccc([N+](=O)[O-])c(Cl)c1. The summed E-state index contributed by atoms with van der Waals surface area (Å²) in [5.41, 5.74) is 1.04. The molecule has 4 heteroatoms. The van der Waals surface area contributed by atoms with Gasteiger partial charge in [-0.2, -0.15) is 0 Å². The highest BCUT2D eigenvalue weighted by Gasteiger charge is 2.11. The lowest BCUT2D eigenvalue weighted by atomic mass is 10.1. The summed E-state index contributed by atoms with van der Waals surface area (Å²) in [5.74, 6) is 0. The molecule has 0 spiro atoms. The minimum atomic E-state index is -0.466. The monoisotopic (exact) mass is 213 g/mol. The second-order valence-corrected chi connectivity index (χ2v) is 3.55. The van der Waals surface area contributed by atoms with Crippen molar-refractivity contribution >= 4 is 17.3 Å². The van der Waals surface area contributed by atoms with E-state index < -0.39 is 4.92 Å². The molecule has 0 aromatic heterocycles. The van der Waals surface area contributed by atoms with E-state index in [1.807, 2.05) is 0 Å². The lowest BCUT2D eigenvalue weighted by Gasteiger charge is -2.00. The Morgan fingerprint density at radius 1 is 1.50 bits per heavy atom. The molecule has 1 aromatic rings. The van der Waals surface area contributed by atoms with Crippen molar-refractivity contribution in [3.63, 3.8) is 0 Å². The van der Waals surface area contributed by atoms with Crippen LogP contribution < -0.4 is 0 Å². The predicted molar refractivity (Wildman–Crippen MR) is 56.7 cm³/mol. The summed E-state index contributed by atoms with van der Waals surface area (Å²) >= 11 is 5.76. The quantitative estimate of drug-likeness (QED) is 0.567. The second kappa shape index (κ2) is 4.96. The normalized spacial score (nSPS) is 10.1. The van der Waals surface area contributed by atoms with Crippen LogP contribution in [0.5, 0.6) is 0 Å². The van der Waals surface area contributed by atoms with Gasteiger partial charge in [0.15, 0.2) is 0 Å². The Morgan fingerprint density at radius 3 is 2.71 bits per heavy atom. The number of hydrogen-bond donors (Lipinski definition) is 0. The number of hydrogen-bond acceptors (Lipinski definition) is 2. The molecule has 0 unspecified atom stereocenters. The zero-order valence-corrected chi connectivity index (χ0v) is 8.75. The maximum Gasteiger partial charge on any atom is 0.287 e. The van der Waals surface area contributed by atoms with E-state index in [1.165, 1.54) is 6.07 Å². The van der Waals surface area contributed by atoms with Crippen molar-refractivity contribution in [1.29, 1.82) is 0 Å². The molecule has 3 nitrogen and oxygen atoms in total. The lowest BCUT2D eigenvalue weighted by Crippen LogP contribution is -1.91. The number of nitrogens with zero attached hydrogens (tertiary/aromatic N) is 1. The van der Waals surface area contributed by atoms with Gasteiger partial charge < -0.3 is 0 Å². The Balaban J connectivity index is 2.83. The van der Waals surface area contributed by atoms with E-state index in [4.69, 9.17) is 11.6 Å². The van der Waals surface area contributed by atoms with Gasteiger partial charge in [0.05, 0.1) is 4.92 Å². The number of rotatable bonds is 4. The van der Waals surface area contributed by atoms with Crippen molar-refractivity contribution in [3.8, 4) is 0 Å². The molecule has 0 atom stereocenters. The zero-order chi connectivity index (χ0) is 10.6. The standard InChI is InChI=1S/C10H12ClNO2/c1-2-3-4-8-5-6-10(12(13)14)9(11)7-8/h5-7H,2-4H2,1H3. The van der Waals surface area contributed by atoms with Gasteiger partial charge in [-0.3, -0.25) is 10.1 Å². The summed E-state index contributed by atoms with van der Waals surface area (Å²) in [4.78, 5) is 10.0. The Labute approximate surface area is 87.8 Å². The van der Waals surface area contributed by atoms with Crippen LogP contribution in [0.3, 0.4) is 0 Å². The highest BCUT2D eigenvalue weighted by Crippen LogP contribution is 2.25. The molecule has 0 aliphatic heterocycles. The van der Waals surface area contributed by atoms with Crippen molar-refractivity contribution in [2.45, 2.75) is 26.2 Å². The van der Waals surface area contributed by atoms with Gasteiger partial charge in [-0.25, -0.2) is 0 Å². The fourth-order valence-corrected chi connectivity index (χ4v) is 1.51. The third kappa shape index (κ3) is 2.70. The Bertz CT molecular complexity index is 339. The van der Waals surface area contributed by atoms with Gasteiger partial charge in [-0.15, -0.1) is 0 Å². The number of unbranched alkanes of at least 4 members (excludes halogenated alkanes) is 1. The molecule has 0 amide bonds. The summed E-state index contributed by atoms with van der Waals surface area (Å²) in [7, 11) is 0. The van der Waals surface area contributed by atoms with E-state index >= 15 is 0 Å². The van der Waals surface area contributed by atoms with E-state index in [0.29, 0.717) is 0 Å². The van der Waals surface area contributed by atoms with Crippen LogP contribution in [0.4, 0.5) is 5.69 Å². The van der Waals surface area contributed by atoms with E-state index in [2.05, 4.69) is 6.92 Å². The number of benzene rings is 1. The van der Waals surface area contributed by atoms with Crippen molar-refractivity contribution in [2.24, 2.45) is 0 Å². The number of aryl methyl sites for hydroxylation is 1. The molecule has 0 aliphatic carbocycles. The predicted octanol–water partition coefficient (Wildman–Crippen LogP) is 3.59. The molecular weight excluding hydrogens is 202 g/mol. The average Bonchev–Trinajstić information content (AvgIpc) is 2.14. The van der Waals surface area contributed by atoms with Crippen LogP contribution in [0.15, 0.2) is 18.2 Å². The van der Waals surface area contributed by atoms with Gasteiger partial charge in [0.25, 0.3) is 5.69 Å². The molecule has 0 N–H and O–H groups in total. The molecule has 0 saturated heterocycles. The van der Waals surface area contributed by atoms with Gasteiger partial charge >= 0.3 is 0 Å². The summed E-state index contributed by atoms with van der Waals surface area (Å²) in [5, 5.41) is 10.7. The molecule has 14 heavy (non-hydrogen) atoms. The Kier molecular flexibility index (Phi) is 3.89. The Hall–Kier alpha value is -1.09. The fraction of sp³-hybridized carbons (Fsp3) is 0.400. The maximum atomic E-state index is 10.5. The second-order valence-electron chi connectivity index (χ2n) is 3.15. The molecule has 76 valence electrons. The smallest absolute Gasteiger partial charge is 0.258 e. The van der Waals surface area contributed by atoms with Crippen LogP contribution in [0.2, 0.25) is 5.02 Å². The topological polar surface area (TPSA) is 43.1 Å². The van der Waals surface area contributed by atoms with Gasteiger partial charge in [0.1, 0.15) is 5.02 Å². The summed E-state index contributed by atoms with van der Waals surface area (Å²) in [6.07, 6.45) is 3.11. The molecule has 0 heterocycles. The van der Waals surface area contributed by atoms with Crippen LogP contribution in [-0.2, 0) is 6.42 Å². The lowest BCUT2D eigenvalue weighted by molar-refractivity contribution is -0.384. The molecule has 1 aromatic carbocycles. The molecule has 0 fully saturated rings. The van der Waals surface area contributed by atoms with Gasteiger partial charge in [0, 0.05) is 6.07 Å². The molecule has 0 saturated carbocycles. The maximum absolute atomic E-state index is 10.5. The van der Waals surface area contributed by atoms with Gasteiger partial charge in [0.2, 0.25) is 0 Å². The molecule has 0 bridgehead atoms. The average molecular weight is 214 g/mol. The van der Waals surface area contributed by atoms with Crippen LogP contribution >= 0.6 is 11.6 Å². The van der Waals surface area contributed by atoms with Crippen molar-refractivity contribution < 1.29 is 4.92 Å². The first kappa shape index (κ1) is 11.0. The van der Waals surface area contributed by atoms with Crippen LogP contribution in [0, 0.1) is 10.1 Å². The van der Waals surface area contributed by atoms with Gasteiger partial charge in [-0.05, 0) is 24.5 Å². The fourth-order valence-electron chi connectivity index (χ4n) is 1.23. The van der Waals surface area contributed by atoms with Crippen LogP contribution in [0.1, 0.15) is 25.3 Å². The van der Waals surface area contributed by atoms with Gasteiger partial charge in [-0.1, -0.05) is 31.0 Å². The highest BCUT2D eigenvalue weighted by atomic mass is 35.5. The first-order valence-corrected chi connectivity index (χ1v) is 4.95. The van der Waals surface area contributed by atoms with E-state index in [-0.39, 0.29) is 10.7 Å². The first-order chi connectivity index (χ1) is 6.65. The molecule has 0 aliphatic rings. The number of nitro benzene ring substituents is 1. The van der Waals surface area contributed by atoms with E-state index in [0.717, 1.165) is 24.8 Å². The van der Waals surface area contributed by atoms with Crippen LogP contribution in [-0.4, -0.2) is 4.92 Å². The Morgan fingerprint density at radius 2 is 2.21 bits per heavy atom. The molecule has 1 rings (SSSR count). The zero-order valence-electron chi connectivity index (χ0n) is 8.00. The first-order valence-electron chi connectivity index (χ1n) is 4.58. The summed E-state index contributed by atoms with van der Waals surface area (Å²) in [6.45, 7) is 2.10. The highest BCUT2D eigenvalue weighted by molar-refractivity contribution is 6.32. The third-order valence-corrected chi connectivity index (χ3v) is 2.33. The molecule has 0 radical (unpaired) electrons. The summed E-state index contributed by atoms with van der Waals surface area (Å²) in [6, 6.07) is 4.91. The largest absolute Gasteiger partial charge is 0.287 e. The third-order valence-electron chi connectivity index (χ3n) is 2.03. The van der Waals surface area contributed by atoms with E-state index in [9.17, 15) is 10.1 Å². The van der Waals surface area contributed by atoms with Crippen LogP contribution in [0.25, 0.3) is 0 Å².